The van der Waals surface area contributed by atoms with Crippen LogP contribution in [0.1, 0.15) is 25.1 Å². The number of aryl methyl sites for hydroxylation is 2. The molecule has 18 heavy (non-hydrogen) atoms. The molecule has 0 amide bonds. The van der Waals surface area contributed by atoms with Gasteiger partial charge in [-0.05, 0) is 25.3 Å². The molecule has 0 aliphatic carbocycles. The maximum atomic E-state index is 4.44. The van der Waals surface area contributed by atoms with E-state index in [-0.39, 0.29) is 0 Å². The molecule has 0 aliphatic rings. The fourth-order valence-corrected chi connectivity index (χ4v) is 2.20. The lowest BCUT2D eigenvalue weighted by atomic mass is 10.1. The Morgan fingerprint density at radius 3 is 2.67 bits per heavy atom. The molecule has 96 valence electrons. The first-order chi connectivity index (χ1) is 8.69. The van der Waals surface area contributed by atoms with Gasteiger partial charge in [0, 0.05) is 19.3 Å². The van der Waals surface area contributed by atoms with Crippen molar-refractivity contribution in [1.82, 2.24) is 9.78 Å². The molecule has 1 N–H and O–H groups in total. The number of aromatic nitrogens is 2. The third-order valence-electron chi connectivity index (χ3n) is 3.03. The van der Waals surface area contributed by atoms with Crippen LogP contribution in [0.4, 0.5) is 5.69 Å². The van der Waals surface area contributed by atoms with Crippen molar-refractivity contribution in [2.45, 2.75) is 32.7 Å². The van der Waals surface area contributed by atoms with Crippen LogP contribution in [-0.4, -0.2) is 15.8 Å². The van der Waals surface area contributed by atoms with E-state index in [2.05, 4.69) is 60.8 Å². The van der Waals surface area contributed by atoms with Crippen LogP contribution in [0.15, 0.2) is 36.5 Å². The van der Waals surface area contributed by atoms with Crippen LogP contribution >= 0.6 is 0 Å². The Kier molecular flexibility index (Phi) is 4.03. The fourth-order valence-electron chi connectivity index (χ4n) is 2.20. The Hall–Kier alpha value is -1.77. The summed E-state index contributed by atoms with van der Waals surface area (Å²) in [4.78, 5) is 0. The van der Waals surface area contributed by atoms with Crippen LogP contribution in [0.25, 0.3) is 0 Å². The summed E-state index contributed by atoms with van der Waals surface area (Å²) < 4.78 is 1.87. The molecule has 0 aliphatic heterocycles. The molecule has 0 fully saturated rings. The van der Waals surface area contributed by atoms with Gasteiger partial charge >= 0.3 is 0 Å². The van der Waals surface area contributed by atoms with E-state index >= 15 is 0 Å². The van der Waals surface area contributed by atoms with E-state index in [0.29, 0.717) is 6.04 Å². The number of nitrogens with zero attached hydrogens (tertiary/aromatic N) is 2. The standard InChI is InChI=1S/C15H21N3/c1-4-14-15(11-18(3)17-14)16-12(2)10-13-8-6-5-7-9-13/h5-9,11-12,16H,4,10H2,1-3H3. The lowest BCUT2D eigenvalue weighted by Crippen LogP contribution is -2.18. The number of hydrogen-bond acceptors (Lipinski definition) is 2. The Morgan fingerprint density at radius 1 is 1.28 bits per heavy atom. The summed E-state index contributed by atoms with van der Waals surface area (Å²) in [6, 6.07) is 11.0. The molecular weight excluding hydrogens is 222 g/mol. The van der Waals surface area contributed by atoms with Gasteiger partial charge in [0.25, 0.3) is 0 Å². The lowest BCUT2D eigenvalue weighted by molar-refractivity contribution is 0.746. The van der Waals surface area contributed by atoms with Crippen LogP contribution in [0.5, 0.6) is 0 Å². The van der Waals surface area contributed by atoms with Crippen LogP contribution in [0.2, 0.25) is 0 Å². The van der Waals surface area contributed by atoms with Crippen LogP contribution < -0.4 is 5.32 Å². The first-order valence-electron chi connectivity index (χ1n) is 6.52. The average Bonchev–Trinajstić information content (AvgIpc) is 2.70. The maximum absolute atomic E-state index is 4.44. The first kappa shape index (κ1) is 12.7. The maximum Gasteiger partial charge on any atom is 0.0853 e. The minimum atomic E-state index is 0.405. The van der Waals surface area contributed by atoms with Gasteiger partial charge in [-0.25, -0.2) is 0 Å². The molecule has 0 saturated carbocycles. The summed E-state index contributed by atoms with van der Waals surface area (Å²) in [6.07, 6.45) is 4.04. The van der Waals surface area contributed by atoms with Crippen molar-refractivity contribution in [3.05, 3.63) is 47.8 Å². The smallest absolute Gasteiger partial charge is 0.0853 e. The first-order valence-corrected chi connectivity index (χ1v) is 6.52. The van der Waals surface area contributed by atoms with E-state index in [0.717, 1.165) is 24.2 Å². The largest absolute Gasteiger partial charge is 0.379 e. The molecule has 1 unspecified atom stereocenters. The number of rotatable bonds is 5. The Morgan fingerprint density at radius 2 is 2.00 bits per heavy atom. The number of hydrogen-bond donors (Lipinski definition) is 1. The summed E-state index contributed by atoms with van der Waals surface area (Å²) in [5.41, 5.74) is 3.65. The molecule has 3 heteroatoms. The second-order valence-electron chi connectivity index (χ2n) is 4.75. The zero-order valence-electron chi connectivity index (χ0n) is 11.4. The highest BCUT2D eigenvalue weighted by atomic mass is 15.3. The fraction of sp³-hybridized carbons (Fsp3) is 0.400. The van der Waals surface area contributed by atoms with Gasteiger partial charge in [0.2, 0.25) is 0 Å². The molecular formula is C15H21N3. The zero-order valence-corrected chi connectivity index (χ0v) is 11.4. The molecule has 1 aromatic heterocycles. The molecule has 1 heterocycles. The van der Waals surface area contributed by atoms with Crippen LogP contribution in [-0.2, 0) is 19.9 Å². The summed E-state index contributed by atoms with van der Waals surface area (Å²) in [7, 11) is 1.96. The second-order valence-corrected chi connectivity index (χ2v) is 4.75. The van der Waals surface area contributed by atoms with E-state index in [9.17, 15) is 0 Å². The second kappa shape index (κ2) is 5.71. The monoisotopic (exact) mass is 243 g/mol. The van der Waals surface area contributed by atoms with Crippen molar-refractivity contribution in [2.24, 2.45) is 7.05 Å². The van der Waals surface area contributed by atoms with E-state index in [4.69, 9.17) is 0 Å². The normalized spacial score (nSPS) is 12.4. The van der Waals surface area contributed by atoms with Crippen molar-refractivity contribution in [1.29, 1.82) is 0 Å². The number of benzene rings is 1. The Balaban J connectivity index is 2.00. The summed E-state index contributed by atoms with van der Waals surface area (Å²) >= 11 is 0. The number of anilines is 1. The minimum absolute atomic E-state index is 0.405. The molecule has 3 nitrogen and oxygen atoms in total. The molecule has 2 rings (SSSR count). The molecule has 0 spiro atoms. The Bertz CT molecular complexity index is 488. The van der Waals surface area contributed by atoms with Gasteiger partial charge in [-0.3, -0.25) is 4.68 Å². The lowest BCUT2D eigenvalue weighted by Gasteiger charge is -2.14. The highest BCUT2D eigenvalue weighted by molar-refractivity contribution is 5.47. The Labute approximate surface area is 109 Å². The van der Waals surface area contributed by atoms with Crippen LogP contribution in [0, 0.1) is 0 Å². The highest BCUT2D eigenvalue weighted by Gasteiger charge is 2.09. The van der Waals surface area contributed by atoms with Gasteiger partial charge in [0.1, 0.15) is 0 Å². The third-order valence-corrected chi connectivity index (χ3v) is 3.03. The molecule has 0 saturated heterocycles. The molecule has 2 aromatic rings. The van der Waals surface area contributed by atoms with Gasteiger partial charge in [-0.1, -0.05) is 37.3 Å². The predicted octanol–water partition coefficient (Wildman–Crippen LogP) is 3.03. The summed E-state index contributed by atoms with van der Waals surface area (Å²) in [6.45, 7) is 4.34. The highest BCUT2D eigenvalue weighted by Crippen LogP contribution is 2.16. The van der Waals surface area contributed by atoms with Gasteiger partial charge in [-0.2, -0.15) is 5.10 Å². The van der Waals surface area contributed by atoms with E-state index in [1.165, 1.54) is 5.56 Å². The van der Waals surface area contributed by atoms with Gasteiger partial charge < -0.3 is 5.32 Å². The van der Waals surface area contributed by atoms with Crippen molar-refractivity contribution in [3.63, 3.8) is 0 Å². The van der Waals surface area contributed by atoms with Crippen molar-refractivity contribution in [3.8, 4) is 0 Å². The minimum Gasteiger partial charge on any atom is -0.379 e. The van der Waals surface area contributed by atoms with Gasteiger partial charge in [0.15, 0.2) is 0 Å². The average molecular weight is 243 g/mol. The molecule has 0 radical (unpaired) electrons. The third kappa shape index (κ3) is 3.13. The van der Waals surface area contributed by atoms with Gasteiger partial charge in [-0.15, -0.1) is 0 Å². The quantitative estimate of drug-likeness (QED) is 0.874. The van der Waals surface area contributed by atoms with E-state index in [1.807, 2.05) is 11.7 Å². The summed E-state index contributed by atoms with van der Waals surface area (Å²) in [5.74, 6) is 0. The van der Waals surface area contributed by atoms with E-state index in [1.54, 1.807) is 0 Å². The summed E-state index contributed by atoms with van der Waals surface area (Å²) in [5, 5.41) is 7.99. The van der Waals surface area contributed by atoms with Crippen molar-refractivity contribution >= 4 is 5.69 Å². The molecule has 0 bridgehead atoms. The predicted molar refractivity (Wildman–Crippen MR) is 75.8 cm³/mol. The SMILES string of the molecule is CCc1nn(C)cc1NC(C)Cc1ccccc1. The van der Waals surface area contributed by atoms with Crippen LogP contribution in [0.3, 0.4) is 0 Å². The van der Waals surface area contributed by atoms with Crippen molar-refractivity contribution < 1.29 is 0 Å². The molecule has 1 atom stereocenters. The number of nitrogens with one attached hydrogen (secondary N) is 1. The van der Waals surface area contributed by atoms with Gasteiger partial charge in [0.05, 0.1) is 11.4 Å². The topological polar surface area (TPSA) is 29.9 Å². The zero-order chi connectivity index (χ0) is 13.0. The van der Waals surface area contributed by atoms with E-state index < -0.39 is 0 Å². The molecule has 1 aromatic carbocycles. The van der Waals surface area contributed by atoms with Crippen molar-refractivity contribution in [2.75, 3.05) is 5.32 Å².